The van der Waals surface area contributed by atoms with Crippen LogP contribution in [-0.4, -0.2) is 46.9 Å². The summed E-state index contributed by atoms with van der Waals surface area (Å²) >= 11 is 5.76. The summed E-state index contributed by atoms with van der Waals surface area (Å²) in [6, 6.07) is 11.0. The fourth-order valence-electron chi connectivity index (χ4n) is 4.15. The van der Waals surface area contributed by atoms with Crippen LogP contribution in [0, 0.1) is 18.7 Å². The van der Waals surface area contributed by atoms with Gasteiger partial charge in [0, 0.05) is 5.02 Å². The van der Waals surface area contributed by atoms with Gasteiger partial charge < -0.3 is 5.32 Å². The fourth-order valence-corrected chi connectivity index (χ4v) is 4.31. The van der Waals surface area contributed by atoms with Gasteiger partial charge in [-0.05, 0) is 50.1 Å². The van der Waals surface area contributed by atoms with Crippen molar-refractivity contribution in [2.45, 2.75) is 32.5 Å². The molecule has 9 heteroatoms. The Balaban J connectivity index is 1.54. The lowest BCUT2D eigenvalue weighted by atomic mass is 9.91. The molecule has 4 amide bonds. The Bertz CT molecular complexity index is 1050. The van der Waals surface area contributed by atoms with Crippen LogP contribution in [0.1, 0.15) is 24.0 Å². The maximum atomic E-state index is 14.1. The first kappa shape index (κ1) is 22.2. The molecule has 32 heavy (non-hydrogen) atoms. The van der Waals surface area contributed by atoms with E-state index in [0.29, 0.717) is 13.0 Å². The largest absolute Gasteiger partial charge is 0.328 e. The van der Waals surface area contributed by atoms with Gasteiger partial charge in [-0.3, -0.25) is 24.7 Å². The molecular formula is C23H24ClFN4O3. The third-order valence-electron chi connectivity index (χ3n) is 5.80. The molecule has 2 aromatic rings. The number of hydrogen-bond donors (Lipinski definition) is 2. The van der Waals surface area contributed by atoms with Gasteiger partial charge >= 0.3 is 6.03 Å². The molecule has 2 saturated heterocycles. The van der Waals surface area contributed by atoms with Gasteiger partial charge in [0.25, 0.3) is 0 Å². The third kappa shape index (κ3) is 4.61. The van der Waals surface area contributed by atoms with Crippen LogP contribution in [0.15, 0.2) is 42.5 Å². The molecule has 2 fully saturated rings. The molecule has 0 bridgehead atoms. The monoisotopic (exact) mass is 458 g/mol. The van der Waals surface area contributed by atoms with Gasteiger partial charge in [0.05, 0.1) is 24.3 Å². The predicted octanol–water partition coefficient (Wildman–Crippen LogP) is 3.52. The predicted molar refractivity (Wildman–Crippen MR) is 118 cm³/mol. The highest BCUT2D eigenvalue weighted by atomic mass is 35.5. The molecule has 0 aliphatic carbocycles. The van der Waals surface area contributed by atoms with Gasteiger partial charge in [-0.25, -0.2) is 9.18 Å². The summed E-state index contributed by atoms with van der Waals surface area (Å²) < 4.78 is 14.1. The van der Waals surface area contributed by atoms with Gasteiger partial charge in [-0.2, -0.15) is 0 Å². The Morgan fingerprint density at radius 1 is 1.22 bits per heavy atom. The summed E-state index contributed by atoms with van der Waals surface area (Å²) in [6.07, 6.45) is 0.854. The zero-order chi connectivity index (χ0) is 22.8. The van der Waals surface area contributed by atoms with Crippen molar-refractivity contribution in [3.8, 4) is 0 Å². The normalized spacial score (nSPS) is 20.8. The molecule has 0 spiro atoms. The van der Waals surface area contributed by atoms with E-state index < -0.39 is 29.8 Å². The topological polar surface area (TPSA) is 81.8 Å². The highest BCUT2D eigenvalue weighted by Gasteiger charge is 2.47. The van der Waals surface area contributed by atoms with E-state index in [-0.39, 0.29) is 29.7 Å². The molecule has 2 N–H and O–H groups in total. The zero-order valence-corrected chi connectivity index (χ0v) is 18.4. The van der Waals surface area contributed by atoms with Crippen LogP contribution < -0.4 is 10.6 Å². The summed E-state index contributed by atoms with van der Waals surface area (Å²) in [6.45, 7) is 2.42. The second-order valence-corrected chi connectivity index (χ2v) is 8.58. The van der Waals surface area contributed by atoms with Crippen LogP contribution in [-0.2, 0) is 16.1 Å². The lowest BCUT2D eigenvalue weighted by Gasteiger charge is -2.46. The zero-order valence-electron chi connectivity index (χ0n) is 17.6. The SMILES string of the molecule is Cc1ccc(CN2C(=O)C3CCCNC3N(CC(=O)Nc3ccc(Cl)cc3F)C2=O)cc1. The van der Waals surface area contributed by atoms with Gasteiger partial charge in [0.15, 0.2) is 0 Å². The molecule has 0 radical (unpaired) electrons. The first-order valence-corrected chi connectivity index (χ1v) is 10.9. The molecule has 2 aliphatic rings. The molecule has 168 valence electrons. The minimum atomic E-state index is -0.666. The second kappa shape index (κ2) is 9.26. The van der Waals surface area contributed by atoms with Gasteiger partial charge in [0.2, 0.25) is 11.8 Å². The molecule has 0 aromatic heterocycles. The summed E-state index contributed by atoms with van der Waals surface area (Å²) in [4.78, 5) is 41.7. The number of amides is 4. The van der Waals surface area contributed by atoms with E-state index >= 15 is 0 Å². The molecule has 2 aromatic carbocycles. The molecule has 0 saturated carbocycles. The van der Waals surface area contributed by atoms with Gasteiger partial charge in [-0.15, -0.1) is 0 Å². The standard InChI is InChI=1S/C23H24ClFN4O3/c1-14-4-6-15(7-5-14)12-29-22(31)17-3-2-10-26-21(17)28(23(29)32)13-20(30)27-19-9-8-16(24)11-18(19)25/h4-9,11,17,21,26H,2-3,10,12-13H2,1H3,(H,27,30). The number of rotatable bonds is 5. The number of fused-ring (bicyclic) bond motifs is 1. The Kier molecular flexibility index (Phi) is 6.43. The van der Waals surface area contributed by atoms with E-state index in [1.165, 1.54) is 21.9 Å². The molecule has 2 atom stereocenters. The third-order valence-corrected chi connectivity index (χ3v) is 6.04. The lowest BCUT2D eigenvalue weighted by molar-refractivity contribution is -0.143. The number of anilines is 1. The average Bonchev–Trinajstić information content (AvgIpc) is 2.77. The molecule has 7 nitrogen and oxygen atoms in total. The molecule has 2 heterocycles. The van der Waals surface area contributed by atoms with E-state index in [9.17, 15) is 18.8 Å². The Morgan fingerprint density at radius 2 is 1.97 bits per heavy atom. The maximum Gasteiger partial charge on any atom is 0.328 e. The van der Waals surface area contributed by atoms with E-state index in [1.54, 1.807) is 0 Å². The van der Waals surface area contributed by atoms with Crippen LogP contribution >= 0.6 is 11.6 Å². The number of nitrogens with zero attached hydrogens (tertiary/aromatic N) is 2. The highest BCUT2D eigenvalue weighted by molar-refractivity contribution is 6.30. The van der Waals surface area contributed by atoms with E-state index in [4.69, 9.17) is 11.6 Å². The van der Waals surface area contributed by atoms with Crippen molar-refractivity contribution in [3.05, 3.63) is 64.4 Å². The van der Waals surface area contributed by atoms with Crippen molar-refractivity contribution >= 4 is 35.1 Å². The Hall–Kier alpha value is -2.97. The number of urea groups is 1. The van der Waals surface area contributed by atoms with Crippen LogP contribution in [0.2, 0.25) is 5.02 Å². The average molecular weight is 459 g/mol. The van der Waals surface area contributed by atoms with E-state index in [0.717, 1.165) is 23.6 Å². The number of imide groups is 1. The molecule has 2 unspecified atom stereocenters. The van der Waals surface area contributed by atoms with Crippen molar-refractivity contribution in [3.63, 3.8) is 0 Å². The first-order chi connectivity index (χ1) is 15.3. The number of piperidine rings is 1. The first-order valence-electron chi connectivity index (χ1n) is 10.5. The van der Waals surface area contributed by atoms with Crippen LogP contribution in [0.25, 0.3) is 0 Å². The van der Waals surface area contributed by atoms with Gasteiger partial charge in [0.1, 0.15) is 12.4 Å². The van der Waals surface area contributed by atoms with Gasteiger partial charge in [-0.1, -0.05) is 41.4 Å². The summed E-state index contributed by atoms with van der Waals surface area (Å²) in [7, 11) is 0. The van der Waals surface area contributed by atoms with Crippen molar-refractivity contribution in [1.29, 1.82) is 0 Å². The number of hydrogen-bond acceptors (Lipinski definition) is 4. The minimum absolute atomic E-state index is 0.0235. The highest BCUT2D eigenvalue weighted by Crippen LogP contribution is 2.29. The Labute approximate surface area is 190 Å². The number of benzene rings is 2. The number of carbonyl (C=O) groups is 3. The van der Waals surface area contributed by atoms with E-state index in [1.807, 2.05) is 31.2 Å². The van der Waals surface area contributed by atoms with Crippen LogP contribution in [0.3, 0.4) is 0 Å². The summed E-state index contributed by atoms with van der Waals surface area (Å²) in [5, 5.41) is 5.90. The molecule has 2 aliphatic heterocycles. The fraction of sp³-hybridized carbons (Fsp3) is 0.348. The summed E-state index contributed by atoms with van der Waals surface area (Å²) in [5.74, 6) is -1.91. The lowest BCUT2D eigenvalue weighted by Crippen LogP contribution is -2.68. The quantitative estimate of drug-likeness (QED) is 0.718. The molecular weight excluding hydrogens is 435 g/mol. The van der Waals surface area contributed by atoms with Crippen molar-refractivity contribution in [2.75, 3.05) is 18.4 Å². The number of halogens is 2. The van der Waals surface area contributed by atoms with Crippen LogP contribution in [0.4, 0.5) is 14.9 Å². The minimum Gasteiger partial charge on any atom is -0.322 e. The smallest absolute Gasteiger partial charge is 0.322 e. The number of nitrogens with one attached hydrogen (secondary N) is 2. The van der Waals surface area contributed by atoms with Crippen LogP contribution in [0.5, 0.6) is 0 Å². The van der Waals surface area contributed by atoms with E-state index in [2.05, 4.69) is 10.6 Å². The van der Waals surface area contributed by atoms with Crippen molar-refractivity contribution in [1.82, 2.24) is 15.1 Å². The number of carbonyl (C=O) groups excluding carboxylic acids is 3. The maximum absolute atomic E-state index is 14.1. The number of aryl methyl sites for hydroxylation is 1. The Morgan fingerprint density at radius 3 is 2.69 bits per heavy atom. The van der Waals surface area contributed by atoms with Crippen molar-refractivity contribution in [2.24, 2.45) is 5.92 Å². The summed E-state index contributed by atoms with van der Waals surface area (Å²) in [5.41, 5.74) is 1.88. The van der Waals surface area contributed by atoms with Crippen molar-refractivity contribution < 1.29 is 18.8 Å². The second-order valence-electron chi connectivity index (χ2n) is 8.14. The molecule has 4 rings (SSSR count).